The molecule has 1 aromatic rings. The van der Waals surface area contributed by atoms with Crippen molar-refractivity contribution in [3.63, 3.8) is 0 Å². The summed E-state index contributed by atoms with van der Waals surface area (Å²) in [7, 11) is 9.02. The van der Waals surface area contributed by atoms with Crippen LogP contribution in [0, 0.1) is 5.92 Å². The van der Waals surface area contributed by atoms with E-state index in [-0.39, 0.29) is 25.2 Å². The molecule has 1 heterocycles. The number of amides is 2. The SMILES string of the molecule is [B][C@@H]1O[C@H](COC(=O)OCc2ccccc2)C(OP(O)(=S)OC)[C@@H]1C/C=C/CCCCNC(=O)NC. The molecule has 3 N–H and O–H groups in total. The fraction of sp³-hybridized carbons (Fsp3) is 0.565. The van der Waals surface area contributed by atoms with Crippen molar-refractivity contribution in [2.45, 2.75) is 50.5 Å². The molecule has 2 amide bonds. The van der Waals surface area contributed by atoms with Crippen LogP contribution in [-0.2, 0) is 41.7 Å². The molecule has 0 saturated carbocycles. The van der Waals surface area contributed by atoms with E-state index in [2.05, 4.69) is 10.6 Å². The van der Waals surface area contributed by atoms with Gasteiger partial charge in [0.25, 0.3) is 0 Å². The molecule has 1 fully saturated rings. The highest BCUT2D eigenvalue weighted by Crippen LogP contribution is 2.48. The van der Waals surface area contributed by atoms with Gasteiger partial charge in [0, 0.05) is 32.6 Å². The zero-order valence-electron chi connectivity index (χ0n) is 20.5. The minimum absolute atomic E-state index is 0.0705. The summed E-state index contributed by atoms with van der Waals surface area (Å²) in [6, 6.07) is 8.28. The molecule has 1 aromatic carbocycles. The van der Waals surface area contributed by atoms with Crippen LogP contribution in [0.4, 0.5) is 9.59 Å². The second-order valence-electron chi connectivity index (χ2n) is 8.07. The molecular weight excluding hydrogens is 506 g/mol. The molecule has 5 atom stereocenters. The lowest BCUT2D eigenvalue weighted by Crippen LogP contribution is -2.33. The van der Waals surface area contributed by atoms with E-state index in [1.807, 2.05) is 42.5 Å². The molecule has 0 aliphatic carbocycles. The first-order valence-electron chi connectivity index (χ1n) is 11.7. The summed E-state index contributed by atoms with van der Waals surface area (Å²) in [5.74, 6) is -0.352. The van der Waals surface area contributed by atoms with E-state index in [4.69, 9.17) is 42.9 Å². The number of rotatable bonds is 14. The topological polar surface area (TPSA) is 125 Å². The molecule has 2 unspecified atom stereocenters. The van der Waals surface area contributed by atoms with Gasteiger partial charge in [0.05, 0.1) is 0 Å². The first-order chi connectivity index (χ1) is 17.3. The molecule has 0 bridgehead atoms. The van der Waals surface area contributed by atoms with Crippen molar-refractivity contribution in [2.24, 2.45) is 5.92 Å². The lowest BCUT2D eigenvalue weighted by molar-refractivity contribution is -0.0272. The molecule has 13 heteroatoms. The molecule has 36 heavy (non-hydrogen) atoms. The highest BCUT2D eigenvalue weighted by Gasteiger charge is 2.45. The highest BCUT2D eigenvalue weighted by atomic mass is 32.5. The highest BCUT2D eigenvalue weighted by molar-refractivity contribution is 8.07. The van der Waals surface area contributed by atoms with Gasteiger partial charge in [-0.25, -0.2) is 9.59 Å². The summed E-state index contributed by atoms with van der Waals surface area (Å²) < 4.78 is 26.7. The lowest BCUT2D eigenvalue weighted by Gasteiger charge is -2.26. The van der Waals surface area contributed by atoms with Crippen molar-refractivity contribution in [2.75, 3.05) is 27.3 Å². The fourth-order valence-corrected chi connectivity index (χ4v) is 4.53. The van der Waals surface area contributed by atoms with Gasteiger partial charge in [-0.05, 0) is 43.1 Å². The first-order valence-corrected chi connectivity index (χ1v) is 14.3. The Bertz CT molecular complexity index is 894. The maximum atomic E-state index is 12.1. The van der Waals surface area contributed by atoms with Gasteiger partial charge in [-0.1, -0.05) is 42.5 Å². The largest absolute Gasteiger partial charge is 0.508 e. The molecule has 1 saturated heterocycles. The molecule has 2 rings (SSSR count). The maximum absolute atomic E-state index is 12.1. The number of benzene rings is 1. The van der Waals surface area contributed by atoms with Crippen molar-refractivity contribution in [1.82, 2.24) is 10.6 Å². The minimum Gasteiger partial charge on any atom is -0.431 e. The second-order valence-corrected chi connectivity index (χ2v) is 11.0. The Labute approximate surface area is 218 Å². The number of hydrogen-bond donors (Lipinski definition) is 3. The zero-order valence-corrected chi connectivity index (χ0v) is 22.2. The van der Waals surface area contributed by atoms with Gasteiger partial charge in [0.1, 0.15) is 33.3 Å². The molecule has 198 valence electrons. The Morgan fingerprint density at radius 3 is 2.67 bits per heavy atom. The van der Waals surface area contributed by atoms with Gasteiger partial charge in [-0.3, -0.25) is 0 Å². The molecule has 1 aliphatic rings. The number of carbonyl (C=O) groups excluding carboxylic acids is 2. The predicted molar refractivity (Wildman–Crippen MR) is 139 cm³/mol. The van der Waals surface area contributed by atoms with E-state index in [1.165, 1.54) is 7.11 Å². The Hall–Kier alpha value is -1.95. The third kappa shape index (κ3) is 11.0. The van der Waals surface area contributed by atoms with Crippen LogP contribution in [-0.4, -0.2) is 70.4 Å². The van der Waals surface area contributed by atoms with Crippen LogP contribution in [0.15, 0.2) is 42.5 Å². The number of urea groups is 1. The van der Waals surface area contributed by atoms with Gasteiger partial charge in [-0.15, -0.1) is 0 Å². The second kappa shape index (κ2) is 16.0. The van der Waals surface area contributed by atoms with Crippen molar-refractivity contribution >= 4 is 38.6 Å². The van der Waals surface area contributed by atoms with Crippen molar-refractivity contribution in [3.05, 3.63) is 48.0 Å². The summed E-state index contributed by atoms with van der Waals surface area (Å²) >= 11 is 5.02. The minimum atomic E-state index is -3.53. The molecule has 2 radical (unpaired) electrons. The van der Waals surface area contributed by atoms with Gasteiger partial charge in [0.15, 0.2) is 0 Å². The number of allylic oxidation sites excluding steroid dienone is 2. The summed E-state index contributed by atoms with van der Waals surface area (Å²) in [5.41, 5.74) is 0.824. The van der Waals surface area contributed by atoms with Gasteiger partial charge >= 0.3 is 18.9 Å². The van der Waals surface area contributed by atoms with Gasteiger partial charge in [-0.2, -0.15) is 0 Å². The van der Waals surface area contributed by atoms with Crippen molar-refractivity contribution in [3.8, 4) is 0 Å². The first kappa shape index (κ1) is 30.3. The molecule has 0 aromatic heterocycles. The maximum Gasteiger partial charge on any atom is 0.508 e. The lowest BCUT2D eigenvalue weighted by atomic mass is 9.82. The molecular formula is C23H34BN2O8PS. The van der Waals surface area contributed by atoms with E-state index >= 15 is 0 Å². The Morgan fingerprint density at radius 2 is 1.97 bits per heavy atom. The van der Waals surface area contributed by atoms with E-state index < -0.39 is 31.1 Å². The fourth-order valence-electron chi connectivity index (χ4n) is 3.55. The predicted octanol–water partition coefficient (Wildman–Crippen LogP) is 3.14. The number of carbonyl (C=O) groups is 2. The van der Waals surface area contributed by atoms with E-state index in [0.29, 0.717) is 13.0 Å². The van der Waals surface area contributed by atoms with E-state index in [9.17, 15) is 14.5 Å². The van der Waals surface area contributed by atoms with E-state index in [1.54, 1.807) is 7.05 Å². The van der Waals surface area contributed by atoms with Crippen LogP contribution >= 0.6 is 6.72 Å². The van der Waals surface area contributed by atoms with Gasteiger partial charge < -0.3 is 38.8 Å². The Kier molecular flexibility index (Phi) is 13.5. The van der Waals surface area contributed by atoms with Crippen LogP contribution in [0.5, 0.6) is 0 Å². The van der Waals surface area contributed by atoms with Crippen LogP contribution in [0.25, 0.3) is 0 Å². The zero-order chi connectivity index (χ0) is 26.4. The number of nitrogens with one attached hydrogen (secondary N) is 2. The average Bonchev–Trinajstić information content (AvgIpc) is 3.16. The number of ether oxygens (including phenoxy) is 3. The van der Waals surface area contributed by atoms with Crippen molar-refractivity contribution < 1.29 is 37.7 Å². The summed E-state index contributed by atoms with van der Waals surface area (Å²) in [6.07, 6.45) is 4.66. The monoisotopic (exact) mass is 540 g/mol. The van der Waals surface area contributed by atoms with Gasteiger partial charge in [0.2, 0.25) is 0 Å². The summed E-state index contributed by atoms with van der Waals surface area (Å²) in [5, 5.41) is 5.24. The molecule has 1 aliphatic heterocycles. The average molecular weight is 540 g/mol. The normalized spacial score (nSPS) is 23.2. The smallest absolute Gasteiger partial charge is 0.431 e. The number of hydrogen-bond acceptors (Lipinski definition) is 8. The Morgan fingerprint density at radius 1 is 1.22 bits per heavy atom. The van der Waals surface area contributed by atoms with E-state index in [0.717, 1.165) is 24.8 Å². The van der Waals surface area contributed by atoms with Crippen molar-refractivity contribution in [1.29, 1.82) is 0 Å². The standard InChI is InChI=1S/C23H34BN2O8PS/c1-25-22(27)26-14-10-5-3-4-9-13-18-20(34-35(29,36)30-2)19(33-21(18)24)16-32-23(28)31-15-17-11-7-6-8-12-17/h4,6-9,11-12,18-21H,3,5,10,13-16H2,1-2H3,(H,29,36)(H2,25,26,27)/b9-4+/t18-,19+,20?,21+,35?/m0/s1. The number of unbranched alkanes of at least 4 members (excludes halogenated alkanes) is 2. The summed E-state index contributed by atoms with van der Waals surface area (Å²) in [4.78, 5) is 33.4. The quantitative estimate of drug-likeness (QED) is 0.107. The third-order valence-electron chi connectivity index (χ3n) is 5.48. The van der Waals surface area contributed by atoms with Crippen LogP contribution in [0.3, 0.4) is 0 Å². The summed E-state index contributed by atoms with van der Waals surface area (Å²) in [6.45, 7) is -3.05. The van der Waals surface area contributed by atoms with Crippen LogP contribution in [0.1, 0.15) is 31.2 Å². The van der Waals surface area contributed by atoms with Crippen LogP contribution < -0.4 is 10.6 Å². The molecule has 10 nitrogen and oxygen atoms in total. The third-order valence-corrected chi connectivity index (χ3v) is 7.15. The molecule has 0 spiro atoms. The van der Waals surface area contributed by atoms with Crippen LogP contribution in [0.2, 0.25) is 0 Å². The Balaban J connectivity index is 1.85.